The first-order chi connectivity index (χ1) is 12.2. The Balaban J connectivity index is 1.63. The van der Waals surface area contributed by atoms with Crippen LogP contribution in [0.15, 0.2) is 28.8 Å². The highest BCUT2D eigenvalue weighted by atomic mass is 19.1. The lowest BCUT2D eigenvalue weighted by molar-refractivity contribution is -0.132. The predicted octanol–water partition coefficient (Wildman–Crippen LogP) is 4.16. The Morgan fingerprint density at radius 3 is 2.88 bits per heavy atom. The van der Waals surface area contributed by atoms with Gasteiger partial charge < -0.3 is 9.42 Å². The van der Waals surface area contributed by atoms with Crippen LogP contribution < -0.4 is 0 Å². The molecule has 2 heterocycles. The number of carbonyl (C=O) groups excluding carboxylic acids is 1. The fourth-order valence-corrected chi connectivity index (χ4v) is 3.21. The molecule has 0 aliphatic carbocycles. The lowest BCUT2D eigenvalue weighted by Gasteiger charge is -2.31. The standard InChI is InChI=1S/C19H24FN3O2/c1-2-3-4-7-17(24)23-12-5-6-15(13-23)19-21-18(22-25-19)14-8-10-16(20)11-9-14/h8-11,15H,2-7,12-13H2,1H3/t15-/m0/s1. The van der Waals surface area contributed by atoms with Gasteiger partial charge in [0.05, 0.1) is 5.92 Å². The number of benzene rings is 1. The minimum atomic E-state index is -0.294. The highest BCUT2D eigenvalue weighted by Crippen LogP contribution is 2.28. The summed E-state index contributed by atoms with van der Waals surface area (Å²) in [5.41, 5.74) is 0.722. The second-order valence-electron chi connectivity index (χ2n) is 6.60. The average molecular weight is 345 g/mol. The molecule has 6 heteroatoms. The van der Waals surface area contributed by atoms with Crippen molar-refractivity contribution < 1.29 is 13.7 Å². The summed E-state index contributed by atoms with van der Waals surface area (Å²) in [4.78, 5) is 18.7. The van der Waals surface area contributed by atoms with Crippen molar-refractivity contribution in [3.05, 3.63) is 36.0 Å². The van der Waals surface area contributed by atoms with Crippen LogP contribution in [0.3, 0.4) is 0 Å². The number of carbonyl (C=O) groups is 1. The summed E-state index contributed by atoms with van der Waals surface area (Å²) < 4.78 is 18.4. The normalized spacial score (nSPS) is 17.7. The molecule has 1 aromatic carbocycles. The van der Waals surface area contributed by atoms with Gasteiger partial charge in [-0.25, -0.2) is 4.39 Å². The summed E-state index contributed by atoms with van der Waals surface area (Å²) in [6.45, 7) is 3.58. The van der Waals surface area contributed by atoms with E-state index in [2.05, 4.69) is 17.1 Å². The van der Waals surface area contributed by atoms with Gasteiger partial charge in [-0.05, 0) is 43.5 Å². The van der Waals surface area contributed by atoms with Crippen molar-refractivity contribution >= 4 is 5.91 Å². The SMILES string of the molecule is CCCCCC(=O)N1CCC[C@H](c2nc(-c3ccc(F)cc3)no2)C1. The molecule has 1 fully saturated rings. The van der Waals surface area contributed by atoms with E-state index in [4.69, 9.17) is 4.52 Å². The number of hydrogen-bond donors (Lipinski definition) is 0. The topological polar surface area (TPSA) is 59.2 Å². The Kier molecular flexibility index (Phi) is 5.79. The lowest BCUT2D eigenvalue weighted by atomic mass is 9.97. The number of unbranched alkanes of at least 4 members (excludes halogenated alkanes) is 2. The third kappa shape index (κ3) is 4.44. The van der Waals surface area contributed by atoms with Crippen LogP contribution in [0.5, 0.6) is 0 Å². The number of aromatic nitrogens is 2. The number of likely N-dealkylation sites (tertiary alicyclic amines) is 1. The zero-order chi connectivity index (χ0) is 17.6. The molecule has 3 rings (SSSR count). The van der Waals surface area contributed by atoms with Gasteiger partial charge in [0.2, 0.25) is 17.6 Å². The molecule has 0 radical (unpaired) electrons. The summed E-state index contributed by atoms with van der Waals surface area (Å²) in [7, 11) is 0. The minimum absolute atomic E-state index is 0.0746. The van der Waals surface area contributed by atoms with E-state index in [-0.39, 0.29) is 17.6 Å². The number of piperidine rings is 1. The van der Waals surface area contributed by atoms with Gasteiger partial charge in [0, 0.05) is 25.1 Å². The van der Waals surface area contributed by atoms with E-state index < -0.39 is 0 Å². The monoisotopic (exact) mass is 345 g/mol. The van der Waals surface area contributed by atoms with Crippen molar-refractivity contribution in [2.24, 2.45) is 0 Å². The zero-order valence-electron chi connectivity index (χ0n) is 14.6. The zero-order valence-corrected chi connectivity index (χ0v) is 14.6. The van der Waals surface area contributed by atoms with Crippen LogP contribution in [0, 0.1) is 5.82 Å². The Labute approximate surface area is 147 Å². The second kappa shape index (κ2) is 8.23. The lowest BCUT2D eigenvalue weighted by Crippen LogP contribution is -2.39. The molecule has 134 valence electrons. The van der Waals surface area contributed by atoms with E-state index in [0.29, 0.717) is 24.7 Å². The quantitative estimate of drug-likeness (QED) is 0.738. The van der Waals surface area contributed by atoms with Crippen LogP contribution in [0.2, 0.25) is 0 Å². The maximum atomic E-state index is 13.0. The van der Waals surface area contributed by atoms with E-state index in [0.717, 1.165) is 44.2 Å². The van der Waals surface area contributed by atoms with Crippen LogP contribution >= 0.6 is 0 Å². The molecule has 2 aromatic rings. The predicted molar refractivity (Wildman–Crippen MR) is 92.4 cm³/mol. The van der Waals surface area contributed by atoms with Crippen LogP contribution in [-0.2, 0) is 4.79 Å². The van der Waals surface area contributed by atoms with Gasteiger partial charge in [0.15, 0.2) is 0 Å². The average Bonchev–Trinajstić information content (AvgIpc) is 3.13. The fraction of sp³-hybridized carbons (Fsp3) is 0.526. The Morgan fingerprint density at radius 1 is 1.32 bits per heavy atom. The van der Waals surface area contributed by atoms with Crippen molar-refractivity contribution in [2.75, 3.05) is 13.1 Å². The van der Waals surface area contributed by atoms with Gasteiger partial charge >= 0.3 is 0 Å². The van der Waals surface area contributed by atoms with Crippen LogP contribution in [0.1, 0.15) is 57.3 Å². The Bertz CT molecular complexity index is 699. The van der Waals surface area contributed by atoms with E-state index >= 15 is 0 Å². The van der Waals surface area contributed by atoms with E-state index in [1.807, 2.05) is 4.90 Å². The van der Waals surface area contributed by atoms with E-state index in [9.17, 15) is 9.18 Å². The minimum Gasteiger partial charge on any atom is -0.342 e. The highest BCUT2D eigenvalue weighted by Gasteiger charge is 2.28. The molecule has 1 aliphatic heterocycles. The van der Waals surface area contributed by atoms with Crippen molar-refractivity contribution in [2.45, 2.75) is 51.4 Å². The summed E-state index contributed by atoms with van der Waals surface area (Å²) in [6, 6.07) is 6.02. The first-order valence-electron chi connectivity index (χ1n) is 9.04. The third-order valence-corrected chi connectivity index (χ3v) is 4.66. The molecule has 0 bridgehead atoms. The van der Waals surface area contributed by atoms with Gasteiger partial charge in [-0.3, -0.25) is 4.79 Å². The summed E-state index contributed by atoms with van der Waals surface area (Å²) in [6.07, 6.45) is 5.65. The number of rotatable bonds is 6. The molecule has 1 atom stereocenters. The maximum Gasteiger partial charge on any atom is 0.231 e. The third-order valence-electron chi connectivity index (χ3n) is 4.66. The maximum absolute atomic E-state index is 13.0. The largest absolute Gasteiger partial charge is 0.342 e. The molecule has 1 aliphatic rings. The van der Waals surface area contributed by atoms with Gasteiger partial charge in [-0.15, -0.1) is 0 Å². The molecule has 0 N–H and O–H groups in total. The summed E-state index contributed by atoms with van der Waals surface area (Å²) >= 11 is 0. The smallest absolute Gasteiger partial charge is 0.231 e. The molecule has 25 heavy (non-hydrogen) atoms. The van der Waals surface area contributed by atoms with E-state index in [1.54, 1.807) is 12.1 Å². The van der Waals surface area contributed by atoms with Gasteiger partial charge in [-0.2, -0.15) is 4.98 Å². The van der Waals surface area contributed by atoms with Crippen LogP contribution in [0.4, 0.5) is 4.39 Å². The first-order valence-corrected chi connectivity index (χ1v) is 9.04. The van der Waals surface area contributed by atoms with Gasteiger partial charge in [-0.1, -0.05) is 24.9 Å². The molecular weight excluding hydrogens is 321 g/mol. The number of halogens is 1. The Hall–Kier alpha value is -2.24. The molecular formula is C19H24FN3O2. The molecule has 1 saturated heterocycles. The van der Waals surface area contributed by atoms with Crippen LogP contribution in [0.25, 0.3) is 11.4 Å². The van der Waals surface area contributed by atoms with Crippen molar-refractivity contribution in [3.63, 3.8) is 0 Å². The van der Waals surface area contributed by atoms with Gasteiger partial charge in [0.1, 0.15) is 5.82 Å². The molecule has 0 saturated carbocycles. The Morgan fingerprint density at radius 2 is 2.12 bits per heavy atom. The first kappa shape index (κ1) is 17.6. The highest BCUT2D eigenvalue weighted by molar-refractivity contribution is 5.76. The van der Waals surface area contributed by atoms with E-state index in [1.165, 1.54) is 12.1 Å². The summed E-state index contributed by atoms with van der Waals surface area (Å²) in [5, 5.41) is 4.01. The number of hydrogen-bond acceptors (Lipinski definition) is 4. The van der Waals surface area contributed by atoms with Crippen LogP contribution in [-0.4, -0.2) is 34.0 Å². The molecule has 0 spiro atoms. The molecule has 1 amide bonds. The van der Waals surface area contributed by atoms with Crippen molar-refractivity contribution in [1.29, 1.82) is 0 Å². The molecule has 0 unspecified atom stereocenters. The van der Waals surface area contributed by atoms with Crippen molar-refractivity contribution in [3.8, 4) is 11.4 Å². The number of nitrogens with zero attached hydrogens (tertiary/aromatic N) is 3. The van der Waals surface area contributed by atoms with Gasteiger partial charge in [0.25, 0.3) is 0 Å². The summed E-state index contributed by atoms with van der Waals surface area (Å²) in [5.74, 6) is 1.02. The fourth-order valence-electron chi connectivity index (χ4n) is 3.21. The molecule has 5 nitrogen and oxygen atoms in total. The second-order valence-corrected chi connectivity index (χ2v) is 6.60. The van der Waals surface area contributed by atoms with Crippen molar-refractivity contribution in [1.82, 2.24) is 15.0 Å². The number of amides is 1. The molecule has 1 aromatic heterocycles.